The lowest BCUT2D eigenvalue weighted by Crippen LogP contribution is -2.18. The van der Waals surface area contributed by atoms with Crippen molar-refractivity contribution < 1.29 is 14.5 Å². The molecule has 0 aliphatic heterocycles. The number of nitro benzene ring substituents is 1. The predicted molar refractivity (Wildman–Crippen MR) is 70.3 cm³/mol. The summed E-state index contributed by atoms with van der Waals surface area (Å²) in [6.07, 6.45) is 1.78. The second kappa shape index (κ2) is 5.90. The largest absolute Gasteiger partial charge is 0.365 e. The Bertz CT molecular complexity index is 560. The van der Waals surface area contributed by atoms with Crippen molar-refractivity contribution >= 4 is 23.5 Å². The van der Waals surface area contributed by atoms with Gasteiger partial charge in [-0.15, -0.1) is 0 Å². The molecule has 6 heteroatoms. The molecule has 0 saturated heterocycles. The molecule has 0 unspecified atom stereocenters. The second-order valence-corrected chi connectivity index (χ2v) is 3.98. The summed E-state index contributed by atoms with van der Waals surface area (Å²) in [4.78, 5) is 32.7. The number of carbonyl (C=O) groups is 2. The molecule has 19 heavy (non-hydrogen) atoms. The first kappa shape index (κ1) is 14.6. The van der Waals surface area contributed by atoms with Crippen LogP contribution in [0.15, 0.2) is 23.8 Å². The predicted octanol–water partition coefficient (Wildman–Crippen LogP) is 1.61. The molecule has 1 rings (SSSR count). The average molecular weight is 262 g/mol. The van der Waals surface area contributed by atoms with E-state index in [-0.39, 0.29) is 11.3 Å². The number of ketones is 1. The van der Waals surface area contributed by atoms with Crippen LogP contribution in [-0.2, 0) is 16.0 Å². The van der Waals surface area contributed by atoms with Gasteiger partial charge in [0, 0.05) is 11.6 Å². The molecule has 1 aromatic rings. The van der Waals surface area contributed by atoms with Gasteiger partial charge in [0.1, 0.15) is 0 Å². The number of primary amides is 1. The van der Waals surface area contributed by atoms with E-state index >= 15 is 0 Å². The molecule has 0 bridgehead atoms. The molecule has 0 aliphatic carbocycles. The molecule has 0 aromatic heterocycles. The Balaban J connectivity index is 3.33. The van der Waals surface area contributed by atoms with E-state index < -0.39 is 16.6 Å². The summed E-state index contributed by atoms with van der Waals surface area (Å²) in [5, 5.41) is 10.9. The number of aryl methyl sites for hydroxylation is 1. The molecule has 100 valence electrons. The Hall–Kier alpha value is -2.50. The van der Waals surface area contributed by atoms with Crippen molar-refractivity contribution in [3.63, 3.8) is 0 Å². The van der Waals surface area contributed by atoms with E-state index in [4.69, 9.17) is 5.73 Å². The van der Waals surface area contributed by atoms with Crippen LogP contribution < -0.4 is 5.73 Å². The lowest BCUT2D eigenvalue weighted by molar-refractivity contribution is -0.385. The highest BCUT2D eigenvalue weighted by Crippen LogP contribution is 2.22. The van der Waals surface area contributed by atoms with Crippen LogP contribution in [0.4, 0.5) is 5.69 Å². The van der Waals surface area contributed by atoms with Crippen LogP contribution in [0.25, 0.3) is 6.08 Å². The third kappa shape index (κ3) is 3.48. The fourth-order valence-corrected chi connectivity index (χ4v) is 1.65. The van der Waals surface area contributed by atoms with Crippen molar-refractivity contribution in [2.24, 2.45) is 5.73 Å². The van der Waals surface area contributed by atoms with Gasteiger partial charge >= 0.3 is 0 Å². The van der Waals surface area contributed by atoms with Crippen molar-refractivity contribution in [1.29, 1.82) is 0 Å². The average Bonchev–Trinajstić information content (AvgIpc) is 2.34. The highest BCUT2D eigenvalue weighted by atomic mass is 16.6. The zero-order valence-electron chi connectivity index (χ0n) is 10.7. The van der Waals surface area contributed by atoms with Crippen molar-refractivity contribution in [2.45, 2.75) is 20.3 Å². The Morgan fingerprint density at radius 3 is 2.47 bits per heavy atom. The van der Waals surface area contributed by atoms with Crippen molar-refractivity contribution in [3.05, 3.63) is 45.0 Å². The van der Waals surface area contributed by atoms with Gasteiger partial charge in [0.15, 0.2) is 5.78 Å². The van der Waals surface area contributed by atoms with E-state index in [1.54, 1.807) is 12.1 Å². The minimum atomic E-state index is -0.852. The van der Waals surface area contributed by atoms with Gasteiger partial charge in [-0.2, -0.15) is 0 Å². The first-order chi connectivity index (χ1) is 8.86. The minimum absolute atomic E-state index is 0.0383. The van der Waals surface area contributed by atoms with Crippen LogP contribution in [0, 0.1) is 10.1 Å². The number of carbonyl (C=O) groups excluding carboxylic acids is 2. The van der Waals surface area contributed by atoms with Crippen LogP contribution in [0.1, 0.15) is 25.0 Å². The summed E-state index contributed by atoms with van der Waals surface area (Å²) < 4.78 is 0. The highest BCUT2D eigenvalue weighted by molar-refractivity contribution is 6.21. The highest BCUT2D eigenvalue weighted by Gasteiger charge is 2.15. The van der Waals surface area contributed by atoms with Gasteiger partial charge in [-0.1, -0.05) is 19.1 Å². The number of benzene rings is 1. The maximum atomic E-state index is 11.2. The fraction of sp³-hybridized carbons (Fsp3) is 0.231. The van der Waals surface area contributed by atoms with Gasteiger partial charge in [-0.3, -0.25) is 19.7 Å². The van der Waals surface area contributed by atoms with E-state index in [1.807, 2.05) is 6.92 Å². The standard InChI is InChI=1S/C13H14N2O4/c1-3-10-5-4-9(7-12(10)15(18)19)6-11(8(2)16)13(14)17/h4-7H,3H2,1-2H3,(H2,14,17)/b11-6-. The van der Waals surface area contributed by atoms with E-state index in [0.717, 1.165) is 0 Å². The SMILES string of the molecule is CCc1ccc(/C=C(/C(C)=O)C(N)=O)cc1[N+](=O)[O-]. The molecule has 0 fully saturated rings. The van der Waals surface area contributed by atoms with Crippen molar-refractivity contribution in [1.82, 2.24) is 0 Å². The molecule has 0 atom stereocenters. The Kier molecular flexibility index (Phi) is 4.52. The van der Waals surface area contributed by atoms with Crippen LogP contribution in [0.3, 0.4) is 0 Å². The molecule has 0 heterocycles. The molecule has 0 saturated carbocycles. The van der Waals surface area contributed by atoms with Crippen LogP contribution in [-0.4, -0.2) is 16.6 Å². The molecule has 2 N–H and O–H groups in total. The molecule has 1 amide bonds. The molecule has 0 aliphatic rings. The third-order valence-corrected chi connectivity index (χ3v) is 2.64. The fourth-order valence-electron chi connectivity index (χ4n) is 1.65. The van der Waals surface area contributed by atoms with E-state index in [1.165, 1.54) is 19.1 Å². The number of hydrogen-bond donors (Lipinski definition) is 1. The van der Waals surface area contributed by atoms with Gasteiger partial charge in [-0.25, -0.2) is 0 Å². The zero-order valence-corrected chi connectivity index (χ0v) is 10.7. The lowest BCUT2D eigenvalue weighted by atomic mass is 10.0. The van der Waals surface area contributed by atoms with Crippen molar-refractivity contribution in [3.8, 4) is 0 Å². The van der Waals surface area contributed by atoms with E-state index in [9.17, 15) is 19.7 Å². The number of rotatable bonds is 5. The third-order valence-electron chi connectivity index (χ3n) is 2.64. The summed E-state index contributed by atoms with van der Waals surface area (Å²) in [6.45, 7) is 3.02. The van der Waals surface area contributed by atoms with Crippen LogP contribution in [0.5, 0.6) is 0 Å². The number of nitrogens with zero attached hydrogens (tertiary/aromatic N) is 1. The monoisotopic (exact) mass is 262 g/mol. The van der Waals surface area contributed by atoms with Crippen LogP contribution >= 0.6 is 0 Å². The van der Waals surface area contributed by atoms with E-state index in [0.29, 0.717) is 17.5 Å². The Morgan fingerprint density at radius 1 is 1.42 bits per heavy atom. The Labute approximate surface area is 110 Å². The molecule has 1 aromatic carbocycles. The molecule has 6 nitrogen and oxygen atoms in total. The zero-order chi connectivity index (χ0) is 14.6. The number of Topliss-reactive ketones (excluding diaryl/α,β-unsaturated/α-hetero) is 1. The van der Waals surface area contributed by atoms with Gasteiger partial charge < -0.3 is 5.73 Å². The summed E-state index contributed by atoms with van der Waals surface area (Å²) in [7, 11) is 0. The summed E-state index contributed by atoms with van der Waals surface area (Å²) in [6, 6.07) is 4.53. The number of amides is 1. The molecular formula is C13H14N2O4. The number of hydrogen-bond acceptors (Lipinski definition) is 4. The van der Waals surface area contributed by atoms with E-state index in [2.05, 4.69) is 0 Å². The number of nitro groups is 1. The first-order valence-corrected chi connectivity index (χ1v) is 5.66. The summed E-state index contributed by atoms with van der Waals surface area (Å²) in [5.74, 6) is -1.33. The smallest absolute Gasteiger partial charge is 0.273 e. The summed E-state index contributed by atoms with van der Waals surface area (Å²) in [5.41, 5.74) is 5.84. The van der Waals surface area contributed by atoms with Gasteiger partial charge in [0.25, 0.3) is 11.6 Å². The topological polar surface area (TPSA) is 103 Å². The molecule has 0 radical (unpaired) electrons. The number of nitrogens with two attached hydrogens (primary N) is 1. The van der Waals surface area contributed by atoms with Crippen molar-refractivity contribution in [2.75, 3.05) is 0 Å². The quantitative estimate of drug-likeness (QED) is 0.286. The van der Waals surface area contributed by atoms with Gasteiger partial charge in [-0.05, 0) is 25.0 Å². The maximum Gasteiger partial charge on any atom is 0.273 e. The van der Waals surface area contributed by atoms with Gasteiger partial charge in [0.2, 0.25) is 0 Å². The first-order valence-electron chi connectivity index (χ1n) is 5.66. The minimum Gasteiger partial charge on any atom is -0.365 e. The maximum absolute atomic E-state index is 11.2. The van der Waals surface area contributed by atoms with Gasteiger partial charge in [0.05, 0.1) is 10.5 Å². The second-order valence-electron chi connectivity index (χ2n) is 3.98. The normalized spacial score (nSPS) is 11.2. The lowest BCUT2D eigenvalue weighted by Gasteiger charge is -2.02. The summed E-state index contributed by atoms with van der Waals surface area (Å²) >= 11 is 0. The molecule has 0 spiro atoms. The van der Waals surface area contributed by atoms with Crippen LogP contribution in [0.2, 0.25) is 0 Å². The molecular weight excluding hydrogens is 248 g/mol. The Morgan fingerprint density at radius 2 is 2.05 bits per heavy atom.